The third-order valence-corrected chi connectivity index (χ3v) is 5.29. The number of fused-ring (bicyclic) bond motifs is 1. The number of nitrogens with zero attached hydrogens (tertiary/aromatic N) is 2. The molecule has 4 rings (SSSR count). The van der Waals surface area contributed by atoms with Gasteiger partial charge < -0.3 is 5.11 Å². The number of aromatic hydroxyl groups is 1. The molecule has 0 bridgehead atoms. The first-order valence-corrected chi connectivity index (χ1v) is 10.3. The van der Waals surface area contributed by atoms with Crippen LogP contribution in [0.4, 0.5) is 0 Å². The fourth-order valence-corrected chi connectivity index (χ4v) is 3.53. The molecule has 0 atom stereocenters. The van der Waals surface area contributed by atoms with E-state index in [2.05, 4.69) is 0 Å². The van der Waals surface area contributed by atoms with Gasteiger partial charge in [0.05, 0.1) is 23.1 Å². The summed E-state index contributed by atoms with van der Waals surface area (Å²) in [4.78, 5) is 38.0. The van der Waals surface area contributed by atoms with Crippen molar-refractivity contribution in [3.8, 4) is 11.4 Å². The van der Waals surface area contributed by atoms with E-state index in [1.54, 1.807) is 41.0 Å². The van der Waals surface area contributed by atoms with Crippen molar-refractivity contribution in [1.82, 2.24) is 9.13 Å². The molecular weight excluding hydrogens is 404 g/mol. The highest BCUT2D eigenvalue weighted by molar-refractivity contribution is 5.93. The van der Waals surface area contributed by atoms with Crippen LogP contribution >= 0.6 is 0 Å². The van der Waals surface area contributed by atoms with Crippen LogP contribution in [0.5, 0.6) is 5.75 Å². The number of carbonyl (C=O) groups excluding carboxylic acids is 1. The third-order valence-electron chi connectivity index (χ3n) is 5.29. The molecule has 6 heteroatoms. The molecule has 1 heterocycles. The van der Waals surface area contributed by atoms with Crippen LogP contribution in [0.3, 0.4) is 0 Å². The van der Waals surface area contributed by atoms with Gasteiger partial charge in [-0.1, -0.05) is 49.4 Å². The van der Waals surface area contributed by atoms with Crippen molar-refractivity contribution in [2.24, 2.45) is 0 Å². The van der Waals surface area contributed by atoms with E-state index in [0.717, 1.165) is 15.7 Å². The maximum atomic E-state index is 13.4. The SMILES string of the molecule is CCC(=O)/C=C/c1ccc(Cn2c(=O)n(-c3ccc(O)cc3)c(=O)c3ccccc32)cc1. The molecule has 3 aromatic carbocycles. The molecule has 0 spiro atoms. The van der Waals surface area contributed by atoms with Gasteiger partial charge in [0.1, 0.15) is 5.75 Å². The van der Waals surface area contributed by atoms with E-state index in [-0.39, 0.29) is 18.1 Å². The Labute approximate surface area is 184 Å². The zero-order valence-corrected chi connectivity index (χ0v) is 17.6. The van der Waals surface area contributed by atoms with Gasteiger partial charge in [0, 0.05) is 6.42 Å². The summed E-state index contributed by atoms with van der Waals surface area (Å²) in [6.07, 6.45) is 3.78. The summed E-state index contributed by atoms with van der Waals surface area (Å²) in [5.74, 6) is 0.112. The lowest BCUT2D eigenvalue weighted by molar-refractivity contribution is -0.114. The second-order valence-electron chi connectivity index (χ2n) is 7.44. The van der Waals surface area contributed by atoms with Gasteiger partial charge in [-0.15, -0.1) is 0 Å². The van der Waals surface area contributed by atoms with Crippen LogP contribution in [-0.2, 0) is 11.3 Å². The van der Waals surface area contributed by atoms with Gasteiger partial charge in [0.2, 0.25) is 0 Å². The Kier molecular flexibility index (Phi) is 5.85. The molecule has 6 nitrogen and oxygen atoms in total. The number of rotatable bonds is 6. The highest BCUT2D eigenvalue weighted by Crippen LogP contribution is 2.15. The molecule has 0 saturated carbocycles. The summed E-state index contributed by atoms with van der Waals surface area (Å²) in [6, 6.07) is 20.5. The van der Waals surface area contributed by atoms with Crippen LogP contribution in [0.25, 0.3) is 22.7 Å². The number of carbonyl (C=O) groups is 1. The van der Waals surface area contributed by atoms with Gasteiger partial charge in [0.15, 0.2) is 5.78 Å². The van der Waals surface area contributed by atoms with E-state index in [4.69, 9.17) is 0 Å². The van der Waals surface area contributed by atoms with Crippen molar-refractivity contribution >= 4 is 22.8 Å². The Bertz CT molecular complexity index is 1430. The van der Waals surface area contributed by atoms with Crippen LogP contribution in [0.15, 0.2) is 88.5 Å². The molecule has 1 aromatic heterocycles. The largest absolute Gasteiger partial charge is 0.508 e. The lowest BCUT2D eigenvalue weighted by atomic mass is 10.1. The summed E-state index contributed by atoms with van der Waals surface area (Å²) >= 11 is 0. The molecule has 0 radical (unpaired) electrons. The van der Waals surface area contributed by atoms with Crippen molar-refractivity contribution < 1.29 is 9.90 Å². The van der Waals surface area contributed by atoms with Crippen molar-refractivity contribution in [3.05, 3.63) is 111 Å². The zero-order chi connectivity index (χ0) is 22.7. The van der Waals surface area contributed by atoms with Gasteiger partial charge in [0.25, 0.3) is 5.56 Å². The van der Waals surface area contributed by atoms with Crippen LogP contribution < -0.4 is 11.2 Å². The molecule has 0 aliphatic heterocycles. The topological polar surface area (TPSA) is 81.3 Å². The third kappa shape index (κ3) is 4.16. The standard InChI is InChI=1S/C26H22N2O4/c1-2-21(29)14-11-18-7-9-19(10-8-18)17-27-24-6-4-3-5-23(24)25(31)28(26(27)32)20-12-15-22(30)16-13-20/h3-16,30H,2,17H2,1H3/b14-11+. The summed E-state index contributed by atoms with van der Waals surface area (Å²) in [5.41, 5.74) is 1.84. The normalized spacial score (nSPS) is 11.3. The van der Waals surface area contributed by atoms with E-state index in [1.165, 1.54) is 24.3 Å². The molecule has 0 fully saturated rings. The minimum absolute atomic E-state index is 0.0534. The first-order valence-electron chi connectivity index (χ1n) is 10.3. The Morgan fingerprint density at radius 1 is 0.938 bits per heavy atom. The molecule has 0 saturated heterocycles. The Balaban J connectivity index is 1.80. The van der Waals surface area contributed by atoms with Crippen LogP contribution in [0.1, 0.15) is 24.5 Å². The number of phenols is 1. The maximum Gasteiger partial charge on any atom is 0.336 e. The maximum absolute atomic E-state index is 13.4. The molecular formula is C26H22N2O4. The van der Waals surface area contributed by atoms with Crippen LogP contribution in [0.2, 0.25) is 0 Å². The first-order chi connectivity index (χ1) is 15.5. The predicted octanol–water partition coefficient (Wildman–Crippen LogP) is 3.90. The number of allylic oxidation sites excluding steroid dienone is 1. The minimum atomic E-state index is -0.461. The van der Waals surface area contributed by atoms with Crippen LogP contribution in [0, 0.1) is 0 Å². The number of benzene rings is 3. The van der Waals surface area contributed by atoms with Gasteiger partial charge in [-0.2, -0.15) is 0 Å². The van der Waals surface area contributed by atoms with Gasteiger partial charge in [-0.3, -0.25) is 14.2 Å². The predicted molar refractivity (Wildman–Crippen MR) is 125 cm³/mol. The lowest BCUT2D eigenvalue weighted by Crippen LogP contribution is -2.39. The first kappa shape index (κ1) is 21.1. The quantitative estimate of drug-likeness (QED) is 0.474. The van der Waals surface area contributed by atoms with Crippen molar-refractivity contribution in [2.45, 2.75) is 19.9 Å². The molecule has 32 heavy (non-hydrogen) atoms. The number of para-hydroxylation sites is 1. The minimum Gasteiger partial charge on any atom is -0.508 e. The number of aromatic nitrogens is 2. The summed E-state index contributed by atoms with van der Waals surface area (Å²) < 4.78 is 2.68. The molecule has 4 aromatic rings. The number of phenolic OH excluding ortho intramolecular Hbond substituents is 1. The van der Waals surface area contributed by atoms with Crippen molar-refractivity contribution in [2.75, 3.05) is 0 Å². The molecule has 0 unspecified atom stereocenters. The van der Waals surface area contributed by atoms with Crippen molar-refractivity contribution in [3.63, 3.8) is 0 Å². The molecule has 0 aliphatic rings. The van der Waals surface area contributed by atoms with Crippen molar-refractivity contribution in [1.29, 1.82) is 0 Å². The number of hydrogen-bond acceptors (Lipinski definition) is 4. The second-order valence-corrected chi connectivity index (χ2v) is 7.44. The summed E-state index contributed by atoms with van der Waals surface area (Å²) in [6.45, 7) is 2.09. The van der Waals surface area contributed by atoms with E-state index in [1.807, 2.05) is 31.2 Å². The highest BCUT2D eigenvalue weighted by atomic mass is 16.3. The summed E-state index contributed by atoms with van der Waals surface area (Å²) in [7, 11) is 0. The van der Waals surface area contributed by atoms with E-state index in [9.17, 15) is 19.5 Å². The van der Waals surface area contributed by atoms with E-state index < -0.39 is 11.2 Å². The van der Waals surface area contributed by atoms with E-state index >= 15 is 0 Å². The average molecular weight is 426 g/mol. The molecule has 0 aliphatic carbocycles. The number of ketones is 1. The zero-order valence-electron chi connectivity index (χ0n) is 17.6. The molecule has 0 amide bonds. The van der Waals surface area contributed by atoms with Gasteiger partial charge in [-0.25, -0.2) is 9.36 Å². The average Bonchev–Trinajstić information content (AvgIpc) is 2.82. The lowest BCUT2D eigenvalue weighted by Gasteiger charge is -2.14. The fraction of sp³-hybridized carbons (Fsp3) is 0.115. The smallest absolute Gasteiger partial charge is 0.336 e. The summed E-state index contributed by atoms with van der Waals surface area (Å²) in [5, 5.41) is 10.0. The molecule has 1 N–H and O–H groups in total. The Hall–Kier alpha value is -4.19. The fourth-order valence-electron chi connectivity index (χ4n) is 3.53. The van der Waals surface area contributed by atoms with E-state index in [0.29, 0.717) is 23.0 Å². The monoisotopic (exact) mass is 426 g/mol. The Morgan fingerprint density at radius 2 is 1.62 bits per heavy atom. The highest BCUT2D eigenvalue weighted by Gasteiger charge is 2.14. The van der Waals surface area contributed by atoms with Gasteiger partial charge in [-0.05, 0) is 53.6 Å². The number of hydrogen-bond donors (Lipinski definition) is 1. The molecule has 160 valence electrons. The second kappa shape index (κ2) is 8.89. The Morgan fingerprint density at radius 3 is 2.31 bits per heavy atom. The van der Waals surface area contributed by atoms with Gasteiger partial charge >= 0.3 is 5.69 Å². The van der Waals surface area contributed by atoms with Crippen LogP contribution in [-0.4, -0.2) is 20.0 Å².